The molecule has 3 aromatic rings. The van der Waals surface area contributed by atoms with Crippen molar-refractivity contribution in [2.45, 2.75) is 18.7 Å². The predicted octanol–water partition coefficient (Wildman–Crippen LogP) is 4.29. The van der Waals surface area contributed by atoms with E-state index in [4.69, 9.17) is 11.6 Å². The molecule has 0 aliphatic rings. The molecule has 134 valence electrons. The van der Waals surface area contributed by atoms with Crippen molar-refractivity contribution in [1.29, 1.82) is 0 Å². The summed E-state index contributed by atoms with van der Waals surface area (Å²) in [5.74, 6) is 0.621. The van der Waals surface area contributed by atoms with E-state index in [1.54, 1.807) is 18.2 Å². The Morgan fingerprint density at radius 2 is 1.62 bits per heavy atom. The molecule has 0 unspecified atom stereocenters. The number of anilines is 3. The zero-order valence-electron chi connectivity index (χ0n) is 14.2. The van der Waals surface area contributed by atoms with E-state index in [0.717, 1.165) is 16.8 Å². The van der Waals surface area contributed by atoms with Crippen LogP contribution in [0.3, 0.4) is 0 Å². The van der Waals surface area contributed by atoms with Gasteiger partial charge in [0.25, 0.3) is 10.0 Å². The maximum Gasteiger partial charge on any atom is 0.264 e. The summed E-state index contributed by atoms with van der Waals surface area (Å²) in [5.41, 5.74) is 3.11. The van der Waals surface area contributed by atoms with Gasteiger partial charge in [0.15, 0.2) is 11.6 Å². The monoisotopic (exact) mass is 388 g/mol. The van der Waals surface area contributed by atoms with Crippen LogP contribution >= 0.6 is 11.6 Å². The van der Waals surface area contributed by atoms with Crippen LogP contribution in [-0.4, -0.2) is 18.6 Å². The Labute approximate surface area is 157 Å². The number of hydrogen-bond donors (Lipinski definition) is 2. The minimum absolute atomic E-state index is 0.0129. The molecule has 1 heterocycles. The number of sulfonamides is 1. The zero-order valence-corrected chi connectivity index (χ0v) is 15.8. The van der Waals surface area contributed by atoms with Crippen LogP contribution in [0.4, 0.5) is 17.3 Å². The number of rotatable bonds is 5. The van der Waals surface area contributed by atoms with E-state index in [0.29, 0.717) is 5.82 Å². The van der Waals surface area contributed by atoms with E-state index in [1.165, 1.54) is 18.2 Å². The number of nitrogens with zero attached hydrogens (tertiary/aromatic N) is 2. The molecule has 6 nitrogen and oxygen atoms in total. The van der Waals surface area contributed by atoms with Crippen LogP contribution in [0.1, 0.15) is 11.1 Å². The summed E-state index contributed by atoms with van der Waals surface area (Å²) < 4.78 is 27.2. The molecule has 2 aromatic carbocycles. The Balaban J connectivity index is 1.78. The van der Waals surface area contributed by atoms with E-state index >= 15 is 0 Å². The number of benzene rings is 2. The molecule has 0 amide bonds. The van der Waals surface area contributed by atoms with E-state index < -0.39 is 10.0 Å². The SMILES string of the molecule is Cc1ccc(C)c(Nc2ccc(NS(=O)(=O)c3ccccc3Cl)nn2)c1. The standard InChI is InChI=1S/C18H17ClN4O2S/c1-12-7-8-13(2)15(11-12)20-17-9-10-18(22-21-17)23-26(24,25)16-6-4-3-5-14(16)19/h3-11H,1-2H3,(H,20,21)(H,22,23). The molecule has 26 heavy (non-hydrogen) atoms. The van der Waals surface area contributed by atoms with Gasteiger partial charge >= 0.3 is 0 Å². The largest absolute Gasteiger partial charge is 0.339 e. The van der Waals surface area contributed by atoms with Crippen LogP contribution in [0, 0.1) is 13.8 Å². The Bertz CT molecular complexity index is 1040. The molecule has 2 N–H and O–H groups in total. The van der Waals surface area contributed by atoms with Crippen LogP contribution in [0.25, 0.3) is 0 Å². The highest BCUT2D eigenvalue weighted by molar-refractivity contribution is 7.92. The van der Waals surface area contributed by atoms with Crippen LogP contribution in [0.15, 0.2) is 59.5 Å². The number of aryl methyl sites for hydroxylation is 2. The predicted molar refractivity (Wildman–Crippen MR) is 103 cm³/mol. The van der Waals surface area contributed by atoms with Crippen molar-refractivity contribution in [2.24, 2.45) is 0 Å². The lowest BCUT2D eigenvalue weighted by molar-refractivity contribution is 0.601. The third-order valence-corrected chi connectivity index (χ3v) is 5.54. The number of aromatic nitrogens is 2. The topological polar surface area (TPSA) is 84.0 Å². The molecule has 0 saturated heterocycles. The normalized spacial score (nSPS) is 11.2. The van der Waals surface area contributed by atoms with E-state index in [2.05, 4.69) is 20.2 Å². The van der Waals surface area contributed by atoms with Gasteiger partial charge in [-0.05, 0) is 55.3 Å². The van der Waals surface area contributed by atoms with Crippen molar-refractivity contribution in [3.05, 3.63) is 70.7 Å². The summed E-state index contributed by atoms with van der Waals surface area (Å²) in [7, 11) is -3.83. The summed E-state index contributed by atoms with van der Waals surface area (Å²) in [6.07, 6.45) is 0. The maximum atomic E-state index is 12.4. The lowest BCUT2D eigenvalue weighted by atomic mass is 10.1. The summed E-state index contributed by atoms with van der Waals surface area (Å²) in [6, 6.07) is 15.4. The molecule has 0 spiro atoms. The van der Waals surface area contributed by atoms with Gasteiger partial charge in [0.1, 0.15) is 4.90 Å². The van der Waals surface area contributed by atoms with Gasteiger partial charge in [-0.15, -0.1) is 10.2 Å². The summed E-state index contributed by atoms with van der Waals surface area (Å²) in [4.78, 5) is -0.0129. The van der Waals surface area contributed by atoms with Gasteiger partial charge in [-0.2, -0.15) is 0 Å². The molecule has 0 radical (unpaired) electrons. The lowest BCUT2D eigenvalue weighted by Gasteiger charge is -2.11. The van der Waals surface area contributed by atoms with Gasteiger partial charge in [-0.25, -0.2) is 8.42 Å². The Morgan fingerprint density at radius 3 is 2.31 bits per heavy atom. The van der Waals surface area contributed by atoms with Gasteiger partial charge in [-0.1, -0.05) is 35.9 Å². The first-order chi connectivity index (χ1) is 12.3. The molecular weight excluding hydrogens is 372 g/mol. The van der Waals surface area contributed by atoms with Crippen molar-refractivity contribution in [2.75, 3.05) is 10.0 Å². The zero-order chi connectivity index (χ0) is 18.7. The van der Waals surface area contributed by atoms with Crippen LogP contribution in [0.2, 0.25) is 5.02 Å². The van der Waals surface area contributed by atoms with Crippen LogP contribution in [-0.2, 0) is 10.0 Å². The second-order valence-electron chi connectivity index (χ2n) is 5.78. The van der Waals surface area contributed by atoms with Gasteiger partial charge < -0.3 is 5.32 Å². The van der Waals surface area contributed by atoms with Crippen molar-refractivity contribution < 1.29 is 8.42 Å². The van der Waals surface area contributed by atoms with Gasteiger partial charge in [0.05, 0.1) is 5.02 Å². The molecule has 0 fully saturated rings. The van der Waals surface area contributed by atoms with Crippen molar-refractivity contribution in [1.82, 2.24) is 10.2 Å². The van der Waals surface area contributed by atoms with Crippen LogP contribution in [0.5, 0.6) is 0 Å². The van der Waals surface area contributed by atoms with Gasteiger partial charge in [-0.3, -0.25) is 4.72 Å². The fraction of sp³-hybridized carbons (Fsp3) is 0.111. The van der Waals surface area contributed by atoms with Crippen molar-refractivity contribution in [3.8, 4) is 0 Å². The molecule has 0 bridgehead atoms. The Kier molecular flexibility index (Phi) is 5.11. The van der Waals surface area contributed by atoms with Gasteiger partial charge in [0.2, 0.25) is 0 Å². The first-order valence-electron chi connectivity index (χ1n) is 7.80. The first-order valence-corrected chi connectivity index (χ1v) is 9.66. The minimum atomic E-state index is -3.83. The average Bonchev–Trinajstić information content (AvgIpc) is 2.60. The Hall–Kier alpha value is -2.64. The number of nitrogens with one attached hydrogen (secondary N) is 2. The molecular formula is C18H17ClN4O2S. The number of halogens is 1. The fourth-order valence-corrected chi connectivity index (χ4v) is 3.83. The molecule has 0 aliphatic carbocycles. The molecule has 0 atom stereocenters. The second kappa shape index (κ2) is 7.31. The van der Waals surface area contributed by atoms with E-state index in [1.807, 2.05) is 32.0 Å². The highest BCUT2D eigenvalue weighted by Gasteiger charge is 2.18. The van der Waals surface area contributed by atoms with Crippen molar-refractivity contribution >= 4 is 38.9 Å². The molecule has 0 aliphatic heterocycles. The third-order valence-electron chi connectivity index (χ3n) is 3.69. The summed E-state index contributed by atoms with van der Waals surface area (Å²) in [6.45, 7) is 3.99. The van der Waals surface area contributed by atoms with E-state index in [9.17, 15) is 8.42 Å². The number of hydrogen-bond acceptors (Lipinski definition) is 5. The first kappa shape index (κ1) is 18.2. The molecule has 0 saturated carbocycles. The highest BCUT2D eigenvalue weighted by Crippen LogP contribution is 2.24. The minimum Gasteiger partial charge on any atom is -0.339 e. The summed E-state index contributed by atoms with van der Waals surface area (Å²) >= 11 is 5.95. The lowest BCUT2D eigenvalue weighted by Crippen LogP contribution is -2.15. The second-order valence-corrected chi connectivity index (χ2v) is 7.84. The van der Waals surface area contributed by atoms with Crippen LogP contribution < -0.4 is 10.0 Å². The van der Waals surface area contributed by atoms with Gasteiger partial charge in [0, 0.05) is 5.69 Å². The maximum absolute atomic E-state index is 12.4. The fourth-order valence-electron chi connectivity index (χ4n) is 2.32. The molecule has 1 aromatic heterocycles. The summed E-state index contributed by atoms with van der Waals surface area (Å²) in [5, 5.41) is 11.3. The Morgan fingerprint density at radius 1 is 0.923 bits per heavy atom. The average molecular weight is 389 g/mol. The molecule has 3 rings (SSSR count). The van der Waals surface area contributed by atoms with Crippen molar-refractivity contribution in [3.63, 3.8) is 0 Å². The third kappa shape index (κ3) is 4.12. The van der Waals surface area contributed by atoms with E-state index in [-0.39, 0.29) is 15.7 Å². The quantitative estimate of drug-likeness (QED) is 0.681. The molecule has 8 heteroatoms. The highest BCUT2D eigenvalue weighted by atomic mass is 35.5. The smallest absolute Gasteiger partial charge is 0.264 e.